The van der Waals surface area contributed by atoms with Crippen molar-refractivity contribution in [2.24, 2.45) is 5.92 Å². The molecule has 0 aromatic heterocycles. The third-order valence-corrected chi connectivity index (χ3v) is 3.10. The van der Waals surface area contributed by atoms with Crippen LogP contribution in [0.3, 0.4) is 0 Å². The Morgan fingerprint density at radius 3 is 2.69 bits per heavy atom. The largest absolute Gasteiger partial charge is 0.494 e. The second-order valence-corrected chi connectivity index (χ2v) is 4.45. The Morgan fingerprint density at radius 2 is 2.06 bits per heavy atom. The number of rotatable bonds is 7. The SMILES string of the molecule is CCNC(CCOc1ccccc1)C1CC1. The molecule has 2 nitrogen and oxygen atoms in total. The van der Waals surface area contributed by atoms with Crippen LogP contribution in [0.5, 0.6) is 5.75 Å². The van der Waals surface area contributed by atoms with E-state index in [4.69, 9.17) is 4.74 Å². The van der Waals surface area contributed by atoms with Crippen molar-refractivity contribution in [3.8, 4) is 5.75 Å². The number of para-hydroxylation sites is 1. The summed E-state index contributed by atoms with van der Waals surface area (Å²) < 4.78 is 5.72. The third kappa shape index (κ3) is 3.53. The minimum absolute atomic E-state index is 0.661. The van der Waals surface area contributed by atoms with Gasteiger partial charge in [0.2, 0.25) is 0 Å². The average molecular weight is 219 g/mol. The zero-order valence-electron chi connectivity index (χ0n) is 9.99. The Kier molecular flexibility index (Phi) is 4.23. The lowest BCUT2D eigenvalue weighted by molar-refractivity contribution is 0.277. The number of hydrogen-bond acceptors (Lipinski definition) is 2. The Labute approximate surface area is 98.0 Å². The first kappa shape index (κ1) is 11.5. The van der Waals surface area contributed by atoms with E-state index in [-0.39, 0.29) is 0 Å². The van der Waals surface area contributed by atoms with E-state index in [2.05, 4.69) is 12.2 Å². The molecule has 1 aliphatic rings. The van der Waals surface area contributed by atoms with Gasteiger partial charge in [0, 0.05) is 6.04 Å². The summed E-state index contributed by atoms with van der Waals surface area (Å²) >= 11 is 0. The van der Waals surface area contributed by atoms with Gasteiger partial charge in [-0.3, -0.25) is 0 Å². The molecule has 88 valence electrons. The highest BCUT2D eigenvalue weighted by molar-refractivity contribution is 5.20. The fourth-order valence-corrected chi connectivity index (χ4v) is 2.09. The van der Waals surface area contributed by atoms with Gasteiger partial charge in [0.15, 0.2) is 0 Å². The molecule has 1 aromatic carbocycles. The van der Waals surface area contributed by atoms with E-state index < -0.39 is 0 Å². The molecule has 1 aromatic rings. The van der Waals surface area contributed by atoms with Crippen LogP contribution in [0.25, 0.3) is 0 Å². The van der Waals surface area contributed by atoms with Gasteiger partial charge < -0.3 is 10.1 Å². The maximum absolute atomic E-state index is 5.72. The first-order chi connectivity index (χ1) is 7.90. The van der Waals surface area contributed by atoms with Crippen molar-refractivity contribution < 1.29 is 4.74 Å². The summed E-state index contributed by atoms with van der Waals surface area (Å²) in [6.07, 6.45) is 3.90. The van der Waals surface area contributed by atoms with Crippen LogP contribution in [0.4, 0.5) is 0 Å². The van der Waals surface area contributed by atoms with Gasteiger partial charge >= 0.3 is 0 Å². The van der Waals surface area contributed by atoms with Crippen molar-refractivity contribution in [3.05, 3.63) is 30.3 Å². The molecule has 1 unspecified atom stereocenters. The fourth-order valence-electron chi connectivity index (χ4n) is 2.09. The lowest BCUT2D eigenvalue weighted by Gasteiger charge is -2.17. The molecule has 1 saturated carbocycles. The molecular formula is C14H21NO. The minimum atomic E-state index is 0.661. The minimum Gasteiger partial charge on any atom is -0.494 e. The van der Waals surface area contributed by atoms with E-state index >= 15 is 0 Å². The Balaban J connectivity index is 1.70. The highest BCUT2D eigenvalue weighted by atomic mass is 16.5. The molecule has 16 heavy (non-hydrogen) atoms. The molecule has 0 bridgehead atoms. The molecule has 1 atom stereocenters. The molecule has 1 N–H and O–H groups in total. The van der Waals surface area contributed by atoms with Crippen molar-refractivity contribution in [1.29, 1.82) is 0 Å². The molecular weight excluding hydrogens is 198 g/mol. The second kappa shape index (κ2) is 5.90. The first-order valence-corrected chi connectivity index (χ1v) is 6.31. The van der Waals surface area contributed by atoms with E-state index in [1.807, 2.05) is 30.3 Å². The van der Waals surface area contributed by atoms with Crippen LogP contribution < -0.4 is 10.1 Å². The van der Waals surface area contributed by atoms with E-state index in [0.29, 0.717) is 6.04 Å². The van der Waals surface area contributed by atoms with Gasteiger partial charge in [-0.1, -0.05) is 25.1 Å². The van der Waals surface area contributed by atoms with Crippen LogP contribution in [0.2, 0.25) is 0 Å². The van der Waals surface area contributed by atoms with Crippen molar-refractivity contribution in [2.75, 3.05) is 13.2 Å². The van der Waals surface area contributed by atoms with Gasteiger partial charge in [0.1, 0.15) is 5.75 Å². The predicted molar refractivity (Wildman–Crippen MR) is 66.7 cm³/mol. The van der Waals surface area contributed by atoms with Crippen molar-refractivity contribution >= 4 is 0 Å². The lowest BCUT2D eigenvalue weighted by Crippen LogP contribution is -2.32. The van der Waals surface area contributed by atoms with Gasteiger partial charge in [0.25, 0.3) is 0 Å². The molecule has 1 aliphatic carbocycles. The van der Waals surface area contributed by atoms with Gasteiger partial charge in [-0.2, -0.15) is 0 Å². The molecule has 0 aliphatic heterocycles. The topological polar surface area (TPSA) is 21.3 Å². The van der Waals surface area contributed by atoms with E-state index in [1.165, 1.54) is 12.8 Å². The third-order valence-electron chi connectivity index (χ3n) is 3.10. The maximum Gasteiger partial charge on any atom is 0.119 e. The summed E-state index contributed by atoms with van der Waals surface area (Å²) in [6, 6.07) is 10.7. The van der Waals surface area contributed by atoms with Crippen LogP contribution in [-0.2, 0) is 0 Å². The standard InChI is InChI=1S/C14H21NO/c1-2-15-14(12-8-9-12)10-11-16-13-6-4-3-5-7-13/h3-7,12,14-15H,2,8-11H2,1H3. The van der Waals surface area contributed by atoms with Crippen molar-refractivity contribution in [1.82, 2.24) is 5.32 Å². The lowest BCUT2D eigenvalue weighted by atomic mass is 10.1. The van der Waals surface area contributed by atoms with Crippen LogP contribution in [0, 0.1) is 5.92 Å². The molecule has 0 amide bonds. The van der Waals surface area contributed by atoms with Crippen molar-refractivity contribution in [2.45, 2.75) is 32.2 Å². The molecule has 0 radical (unpaired) electrons. The van der Waals surface area contributed by atoms with E-state index in [9.17, 15) is 0 Å². The van der Waals surface area contributed by atoms with Crippen LogP contribution in [-0.4, -0.2) is 19.2 Å². The molecule has 2 heteroatoms. The number of nitrogens with one attached hydrogen (secondary N) is 1. The number of ether oxygens (including phenoxy) is 1. The molecule has 1 fully saturated rings. The van der Waals surface area contributed by atoms with Crippen LogP contribution in [0.1, 0.15) is 26.2 Å². The van der Waals surface area contributed by atoms with Crippen LogP contribution in [0.15, 0.2) is 30.3 Å². The van der Waals surface area contributed by atoms with E-state index in [1.54, 1.807) is 0 Å². The number of benzene rings is 1. The maximum atomic E-state index is 5.72. The summed E-state index contributed by atoms with van der Waals surface area (Å²) in [5, 5.41) is 3.55. The first-order valence-electron chi connectivity index (χ1n) is 6.31. The van der Waals surface area contributed by atoms with Gasteiger partial charge in [-0.05, 0) is 43.9 Å². The molecule has 0 heterocycles. The van der Waals surface area contributed by atoms with Crippen molar-refractivity contribution in [3.63, 3.8) is 0 Å². The van der Waals surface area contributed by atoms with Gasteiger partial charge in [0.05, 0.1) is 6.61 Å². The zero-order valence-corrected chi connectivity index (χ0v) is 9.99. The Hall–Kier alpha value is -1.02. The number of hydrogen-bond donors (Lipinski definition) is 1. The highest BCUT2D eigenvalue weighted by Gasteiger charge is 2.30. The summed E-state index contributed by atoms with van der Waals surface area (Å²) in [5.41, 5.74) is 0. The quantitative estimate of drug-likeness (QED) is 0.761. The summed E-state index contributed by atoms with van der Waals surface area (Å²) in [5.74, 6) is 1.88. The molecule has 0 spiro atoms. The summed E-state index contributed by atoms with van der Waals surface area (Å²) in [6.45, 7) is 4.05. The Bertz CT molecular complexity index is 295. The summed E-state index contributed by atoms with van der Waals surface area (Å²) in [4.78, 5) is 0. The predicted octanol–water partition coefficient (Wildman–Crippen LogP) is 2.84. The monoisotopic (exact) mass is 219 g/mol. The smallest absolute Gasteiger partial charge is 0.119 e. The fraction of sp³-hybridized carbons (Fsp3) is 0.571. The molecule has 0 saturated heterocycles. The highest BCUT2D eigenvalue weighted by Crippen LogP contribution is 2.33. The normalized spacial score (nSPS) is 17.1. The second-order valence-electron chi connectivity index (χ2n) is 4.45. The van der Waals surface area contributed by atoms with Gasteiger partial charge in [-0.15, -0.1) is 0 Å². The van der Waals surface area contributed by atoms with E-state index in [0.717, 1.165) is 31.2 Å². The zero-order chi connectivity index (χ0) is 11.2. The van der Waals surface area contributed by atoms with Crippen LogP contribution >= 0.6 is 0 Å². The molecule has 2 rings (SSSR count). The Morgan fingerprint density at radius 1 is 1.31 bits per heavy atom. The van der Waals surface area contributed by atoms with Gasteiger partial charge in [-0.25, -0.2) is 0 Å². The summed E-state index contributed by atoms with van der Waals surface area (Å²) in [7, 11) is 0. The average Bonchev–Trinajstić information content (AvgIpc) is 3.13.